The highest BCUT2D eigenvalue weighted by molar-refractivity contribution is 7.90. The molecule has 2 N–H and O–H groups in total. The number of anilines is 1. The Balaban J connectivity index is 1.55. The van der Waals surface area contributed by atoms with Gasteiger partial charge in [0.05, 0.1) is 4.90 Å². The van der Waals surface area contributed by atoms with Crippen LogP contribution in [0.3, 0.4) is 0 Å². The molecule has 35 heavy (non-hydrogen) atoms. The lowest BCUT2D eigenvalue weighted by Crippen LogP contribution is -2.52. The van der Waals surface area contributed by atoms with Crippen molar-refractivity contribution in [2.75, 3.05) is 11.9 Å². The molecule has 4 rings (SSSR count). The molecule has 7 nitrogen and oxygen atoms in total. The molecule has 3 aromatic carbocycles. The number of nitrogens with zero attached hydrogens (tertiary/aromatic N) is 1. The largest absolute Gasteiger partial charge is 0.329 e. The van der Waals surface area contributed by atoms with Crippen molar-refractivity contribution in [2.45, 2.75) is 43.5 Å². The Bertz CT molecular complexity index is 1340. The van der Waals surface area contributed by atoms with Crippen molar-refractivity contribution in [2.24, 2.45) is 0 Å². The molecule has 1 atom stereocenters. The van der Waals surface area contributed by atoms with Gasteiger partial charge in [0, 0.05) is 19.2 Å². The van der Waals surface area contributed by atoms with E-state index in [9.17, 15) is 18.0 Å². The van der Waals surface area contributed by atoms with Gasteiger partial charge in [-0.25, -0.2) is 17.9 Å². The van der Waals surface area contributed by atoms with Crippen molar-refractivity contribution in [1.29, 1.82) is 0 Å². The summed E-state index contributed by atoms with van der Waals surface area (Å²) >= 11 is 0. The van der Waals surface area contributed by atoms with E-state index in [1.54, 1.807) is 32.2 Å². The van der Waals surface area contributed by atoms with Gasteiger partial charge in [-0.3, -0.25) is 4.79 Å². The summed E-state index contributed by atoms with van der Waals surface area (Å²) in [4.78, 5) is 27.8. The van der Waals surface area contributed by atoms with E-state index >= 15 is 0 Å². The third-order valence-electron chi connectivity index (χ3n) is 6.30. The number of hydrogen-bond acceptors (Lipinski definition) is 4. The molecular weight excluding hydrogens is 462 g/mol. The lowest BCUT2D eigenvalue weighted by molar-refractivity contribution is -0.120. The van der Waals surface area contributed by atoms with Crippen LogP contribution in [0.2, 0.25) is 0 Å². The Morgan fingerprint density at radius 1 is 0.943 bits per heavy atom. The number of benzene rings is 3. The van der Waals surface area contributed by atoms with Crippen molar-refractivity contribution in [3.63, 3.8) is 0 Å². The minimum atomic E-state index is -4.10. The SMILES string of the molecule is Cc1ccccc1S(=O)(=O)NC(=O)N[C@@H](Cc1ccccc1)C(=O)N(C)c1ccc2c(c1)CCC2. The fourth-order valence-corrected chi connectivity index (χ4v) is 5.56. The number of amides is 3. The second-order valence-corrected chi connectivity index (χ2v) is 10.4. The molecule has 0 aliphatic heterocycles. The van der Waals surface area contributed by atoms with Crippen LogP contribution in [0.1, 0.15) is 28.7 Å². The zero-order valence-corrected chi connectivity index (χ0v) is 20.6. The molecule has 0 spiro atoms. The molecular formula is C27H29N3O4S. The van der Waals surface area contributed by atoms with Crippen LogP contribution >= 0.6 is 0 Å². The van der Waals surface area contributed by atoms with Crippen molar-refractivity contribution < 1.29 is 18.0 Å². The first-order valence-electron chi connectivity index (χ1n) is 11.6. The molecule has 0 saturated carbocycles. The quantitative estimate of drug-likeness (QED) is 0.526. The van der Waals surface area contributed by atoms with Gasteiger partial charge in [-0.2, -0.15) is 0 Å². The molecule has 0 aromatic heterocycles. The van der Waals surface area contributed by atoms with Crippen molar-refractivity contribution >= 4 is 27.6 Å². The average Bonchev–Trinajstić information content (AvgIpc) is 3.31. The third-order valence-corrected chi connectivity index (χ3v) is 7.79. The second-order valence-electron chi connectivity index (χ2n) is 8.79. The Labute approximate surface area is 206 Å². The summed E-state index contributed by atoms with van der Waals surface area (Å²) in [6, 6.07) is 19.7. The summed E-state index contributed by atoms with van der Waals surface area (Å²) in [7, 11) is -2.43. The van der Waals surface area contributed by atoms with E-state index < -0.39 is 22.1 Å². The monoisotopic (exact) mass is 491 g/mol. The lowest BCUT2D eigenvalue weighted by atomic mass is 10.0. The fraction of sp³-hybridized carbons (Fsp3) is 0.259. The van der Waals surface area contributed by atoms with E-state index in [0.717, 1.165) is 30.5 Å². The number of carbonyl (C=O) groups excluding carboxylic acids is 2. The van der Waals surface area contributed by atoms with E-state index in [1.165, 1.54) is 22.1 Å². The van der Waals surface area contributed by atoms with Gasteiger partial charge in [0.25, 0.3) is 10.0 Å². The third kappa shape index (κ3) is 5.71. The van der Waals surface area contributed by atoms with Crippen molar-refractivity contribution in [3.05, 3.63) is 95.1 Å². The molecule has 3 aromatic rings. The maximum Gasteiger partial charge on any atom is 0.329 e. The molecule has 0 radical (unpaired) electrons. The summed E-state index contributed by atoms with van der Waals surface area (Å²) in [5, 5.41) is 2.59. The standard InChI is InChI=1S/C27H29N3O4S/c1-19-9-6-7-14-25(19)35(33,34)29-27(32)28-24(17-20-10-4-3-5-11-20)26(31)30(2)23-16-15-21-12-8-13-22(21)18-23/h3-7,9-11,14-16,18,24H,8,12-13,17H2,1-2H3,(H2,28,29,32)/t24-/m0/s1. The molecule has 0 heterocycles. The van der Waals surface area contributed by atoms with Crippen LogP contribution in [-0.2, 0) is 34.1 Å². The predicted molar refractivity (Wildman–Crippen MR) is 136 cm³/mol. The Hall–Kier alpha value is -3.65. The highest BCUT2D eigenvalue weighted by Crippen LogP contribution is 2.27. The highest BCUT2D eigenvalue weighted by atomic mass is 32.2. The molecule has 0 fully saturated rings. The van der Waals surface area contributed by atoms with Gasteiger partial charge < -0.3 is 10.2 Å². The van der Waals surface area contributed by atoms with E-state index in [-0.39, 0.29) is 17.2 Å². The fourth-order valence-electron chi connectivity index (χ4n) is 4.40. The van der Waals surface area contributed by atoms with E-state index in [4.69, 9.17) is 0 Å². The summed E-state index contributed by atoms with van der Waals surface area (Å²) in [5.41, 5.74) is 4.63. The number of fused-ring (bicyclic) bond motifs is 1. The zero-order valence-electron chi connectivity index (χ0n) is 19.8. The number of likely N-dealkylation sites (N-methyl/N-ethyl adjacent to an activating group) is 1. The van der Waals surface area contributed by atoms with Crippen LogP contribution in [0.25, 0.3) is 0 Å². The first-order chi connectivity index (χ1) is 16.7. The van der Waals surface area contributed by atoms with Gasteiger partial charge in [0.15, 0.2) is 0 Å². The molecule has 1 aliphatic rings. The second kappa shape index (κ2) is 10.3. The Morgan fingerprint density at radius 3 is 2.37 bits per heavy atom. The smallest absolute Gasteiger partial charge is 0.325 e. The van der Waals surface area contributed by atoms with Crippen molar-refractivity contribution in [3.8, 4) is 0 Å². The van der Waals surface area contributed by atoms with E-state index in [0.29, 0.717) is 5.56 Å². The lowest BCUT2D eigenvalue weighted by Gasteiger charge is -2.25. The first-order valence-corrected chi connectivity index (χ1v) is 13.0. The summed E-state index contributed by atoms with van der Waals surface area (Å²) < 4.78 is 27.6. The number of carbonyl (C=O) groups is 2. The normalized spacial score (nSPS) is 13.5. The minimum Gasteiger partial charge on any atom is -0.325 e. The predicted octanol–water partition coefficient (Wildman–Crippen LogP) is 3.75. The average molecular weight is 492 g/mol. The highest BCUT2D eigenvalue weighted by Gasteiger charge is 2.28. The number of hydrogen-bond donors (Lipinski definition) is 2. The van der Waals surface area contributed by atoms with Crippen LogP contribution in [-0.4, -0.2) is 33.4 Å². The number of rotatable bonds is 7. The van der Waals surface area contributed by atoms with Gasteiger partial charge >= 0.3 is 6.03 Å². The Kier molecular flexibility index (Phi) is 7.21. The van der Waals surface area contributed by atoms with Crippen LogP contribution < -0.4 is 14.9 Å². The first kappa shape index (κ1) is 24.5. The summed E-state index contributed by atoms with van der Waals surface area (Å²) in [6.45, 7) is 1.65. The number of nitrogens with one attached hydrogen (secondary N) is 2. The minimum absolute atomic E-state index is 0.0105. The van der Waals surface area contributed by atoms with E-state index in [1.807, 2.05) is 53.3 Å². The maximum atomic E-state index is 13.5. The van der Waals surface area contributed by atoms with Crippen LogP contribution in [0.5, 0.6) is 0 Å². The van der Waals surface area contributed by atoms with Crippen molar-refractivity contribution in [1.82, 2.24) is 10.0 Å². The molecule has 182 valence electrons. The number of aryl methyl sites for hydroxylation is 3. The number of sulfonamides is 1. The Morgan fingerprint density at radius 2 is 1.63 bits per heavy atom. The van der Waals surface area contributed by atoms with Gasteiger partial charge in [-0.05, 0) is 66.6 Å². The van der Waals surface area contributed by atoms with Gasteiger partial charge in [-0.1, -0.05) is 54.6 Å². The molecule has 0 saturated heterocycles. The summed E-state index contributed by atoms with van der Waals surface area (Å²) in [5.74, 6) is -0.338. The van der Waals surface area contributed by atoms with Gasteiger partial charge in [0.1, 0.15) is 6.04 Å². The van der Waals surface area contributed by atoms with Crippen LogP contribution in [0.15, 0.2) is 77.7 Å². The molecule has 3 amide bonds. The maximum absolute atomic E-state index is 13.5. The van der Waals surface area contributed by atoms with Gasteiger partial charge in [-0.15, -0.1) is 0 Å². The zero-order chi connectivity index (χ0) is 25.0. The molecule has 0 unspecified atom stereocenters. The summed E-state index contributed by atoms with van der Waals surface area (Å²) in [6.07, 6.45) is 3.34. The van der Waals surface area contributed by atoms with Gasteiger partial charge in [0.2, 0.25) is 5.91 Å². The van der Waals surface area contributed by atoms with Crippen LogP contribution in [0, 0.1) is 6.92 Å². The number of urea groups is 1. The molecule has 0 bridgehead atoms. The van der Waals surface area contributed by atoms with E-state index in [2.05, 4.69) is 5.32 Å². The van der Waals surface area contributed by atoms with Crippen LogP contribution in [0.4, 0.5) is 10.5 Å². The molecule has 8 heteroatoms. The topological polar surface area (TPSA) is 95.6 Å². The molecule has 1 aliphatic carbocycles.